The fourth-order valence-corrected chi connectivity index (χ4v) is 7.61. The summed E-state index contributed by atoms with van der Waals surface area (Å²) in [6.07, 6.45) is -5.86. The van der Waals surface area contributed by atoms with E-state index in [0.717, 1.165) is 6.92 Å². The maximum absolute atomic E-state index is 13.1. The molecule has 0 radical (unpaired) electrons. The van der Waals surface area contributed by atoms with Crippen LogP contribution in [0.5, 0.6) is 0 Å². The molecular weight excluding hydrogens is 588 g/mol. The number of carbonyl (C=O) groups is 5. The lowest BCUT2D eigenvalue weighted by Gasteiger charge is -2.58. The van der Waals surface area contributed by atoms with Crippen molar-refractivity contribution in [2.24, 2.45) is 23.2 Å². The van der Waals surface area contributed by atoms with Crippen molar-refractivity contribution < 1.29 is 57.5 Å². The predicted octanol–water partition coefficient (Wildman–Crippen LogP) is 2.39. The minimum Gasteiger partial charge on any atom is -0.462 e. The predicted molar refractivity (Wildman–Crippen MR) is 148 cm³/mol. The Morgan fingerprint density at radius 2 is 1.56 bits per heavy atom. The lowest BCUT2D eigenvalue weighted by atomic mass is 9.51. The van der Waals surface area contributed by atoms with Crippen LogP contribution in [-0.4, -0.2) is 88.7 Å². The Bertz CT molecular complexity index is 1200. The van der Waals surface area contributed by atoms with Crippen molar-refractivity contribution in [2.75, 3.05) is 6.61 Å². The molecule has 2 heterocycles. The number of epoxide rings is 1. The van der Waals surface area contributed by atoms with E-state index in [1.165, 1.54) is 20.8 Å². The molecule has 4 aliphatic rings. The van der Waals surface area contributed by atoms with Gasteiger partial charge < -0.3 is 33.5 Å². The third-order valence-electron chi connectivity index (χ3n) is 9.56. The van der Waals surface area contributed by atoms with Gasteiger partial charge >= 0.3 is 29.8 Å². The Balaban J connectivity index is 2.05. The van der Waals surface area contributed by atoms with Crippen molar-refractivity contribution >= 4 is 41.4 Å². The molecule has 4 fully saturated rings. The van der Waals surface area contributed by atoms with Crippen LogP contribution in [0.25, 0.3) is 0 Å². The normalized spacial score (nSPS) is 42.3. The summed E-state index contributed by atoms with van der Waals surface area (Å²) in [6.45, 7) is 14.1. The lowest BCUT2D eigenvalue weighted by Crippen LogP contribution is -2.72. The molecule has 11 atom stereocenters. The molecule has 0 aromatic rings. The lowest BCUT2D eigenvalue weighted by molar-refractivity contribution is -0.260. The standard InChI is InChI=1S/C30H41ClO12/c1-13(2)26(35)42-21-11-20(40-17(6)33)28(8)19(39-16(5)32)10-9-14(3)22(31)24-30(37,15(4)27(36)43-24)25(41-18(7)34)23(28)29(21)12-38-29/h13,15,19-25,37H,3,9-12H2,1-2,4-8H3/t15-,19+,20-,21+,22-,23+,24-,25-,28-,29+,30-/m0/s1. The van der Waals surface area contributed by atoms with Gasteiger partial charge in [0.1, 0.15) is 30.0 Å². The highest BCUT2D eigenvalue weighted by molar-refractivity contribution is 6.23. The zero-order valence-corrected chi connectivity index (χ0v) is 26.3. The highest BCUT2D eigenvalue weighted by Crippen LogP contribution is 2.63. The highest BCUT2D eigenvalue weighted by Gasteiger charge is 2.78. The molecule has 1 N–H and O–H groups in total. The van der Waals surface area contributed by atoms with Gasteiger partial charge in [-0.2, -0.15) is 0 Å². The molecule has 0 amide bonds. The molecule has 0 bridgehead atoms. The van der Waals surface area contributed by atoms with Gasteiger partial charge in [0.05, 0.1) is 29.2 Å². The van der Waals surface area contributed by atoms with Crippen molar-refractivity contribution in [1.82, 2.24) is 0 Å². The largest absolute Gasteiger partial charge is 0.462 e. The number of esters is 5. The Labute approximate surface area is 255 Å². The molecule has 2 aliphatic heterocycles. The first-order valence-corrected chi connectivity index (χ1v) is 15.0. The van der Waals surface area contributed by atoms with E-state index in [2.05, 4.69) is 6.58 Å². The number of carbonyl (C=O) groups excluding carboxylic acids is 5. The second-order valence-corrected chi connectivity index (χ2v) is 13.2. The summed E-state index contributed by atoms with van der Waals surface area (Å²) in [5.41, 5.74) is -4.70. The smallest absolute Gasteiger partial charge is 0.312 e. The van der Waals surface area contributed by atoms with E-state index in [1.807, 2.05) is 0 Å². The van der Waals surface area contributed by atoms with E-state index < -0.39 is 100 Å². The number of fused-ring (bicyclic) bond motifs is 3. The molecule has 2 saturated heterocycles. The first-order valence-electron chi connectivity index (χ1n) is 14.5. The number of ether oxygens (including phenoxy) is 6. The maximum Gasteiger partial charge on any atom is 0.312 e. The molecule has 13 heteroatoms. The van der Waals surface area contributed by atoms with Crippen molar-refractivity contribution in [3.8, 4) is 0 Å². The third kappa shape index (κ3) is 5.55. The summed E-state index contributed by atoms with van der Waals surface area (Å²) in [7, 11) is 0. The van der Waals surface area contributed by atoms with Crippen LogP contribution < -0.4 is 0 Å². The van der Waals surface area contributed by atoms with Gasteiger partial charge in [0, 0.05) is 33.1 Å². The summed E-state index contributed by atoms with van der Waals surface area (Å²) < 4.78 is 35.5. The summed E-state index contributed by atoms with van der Waals surface area (Å²) in [5, 5.41) is 11.5. The molecule has 0 unspecified atom stereocenters. The van der Waals surface area contributed by atoms with Gasteiger partial charge in [0.2, 0.25) is 0 Å². The van der Waals surface area contributed by atoms with Gasteiger partial charge in [-0.25, -0.2) is 0 Å². The zero-order chi connectivity index (χ0) is 32.2. The Morgan fingerprint density at radius 1 is 1.00 bits per heavy atom. The number of hydrogen-bond acceptors (Lipinski definition) is 12. The van der Waals surface area contributed by atoms with Gasteiger partial charge in [-0.1, -0.05) is 32.9 Å². The number of halogens is 1. The van der Waals surface area contributed by atoms with Crippen LogP contribution in [-0.2, 0) is 52.4 Å². The second-order valence-electron chi connectivity index (χ2n) is 12.7. The number of hydrogen-bond donors (Lipinski definition) is 1. The molecule has 1 spiro atoms. The molecule has 2 aliphatic carbocycles. The van der Waals surface area contributed by atoms with Crippen molar-refractivity contribution in [2.45, 2.75) is 115 Å². The molecule has 4 rings (SSSR count). The maximum atomic E-state index is 13.1. The molecule has 240 valence electrons. The van der Waals surface area contributed by atoms with Crippen molar-refractivity contribution in [3.63, 3.8) is 0 Å². The minimum absolute atomic E-state index is 0.00158. The van der Waals surface area contributed by atoms with Crippen LogP contribution >= 0.6 is 11.6 Å². The number of rotatable bonds is 5. The van der Waals surface area contributed by atoms with Crippen molar-refractivity contribution in [3.05, 3.63) is 12.2 Å². The number of aliphatic hydroxyl groups is 1. The van der Waals surface area contributed by atoms with Crippen LogP contribution in [0, 0.1) is 23.2 Å². The van der Waals surface area contributed by atoms with Crippen LogP contribution in [0.1, 0.15) is 67.7 Å². The average molecular weight is 629 g/mol. The Hall–Kier alpha value is -2.70. The first kappa shape index (κ1) is 33.2. The van der Waals surface area contributed by atoms with E-state index in [9.17, 15) is 29.1 Å². The van der Waals surface area contributed by atoms with Gasteiger partial charge in [-0.05, 0) is 19.8 Å². The van der Waals surface area contributed by atoms with Crippen LogP contribution in [0.3, 0.4) is 0 Å². The summed E-state index contributed by atoms with van der Waals surface area (Å²) in [4.78, 5) is 63.9. The quantitative estimate of drug-likeness (QED) is 0.156. The highest BCUT2D eigenvalue weighted by atomic mass is 35.5. The van der Waals surface area contributed by atoms with Crippen LogP contribution in [0.15, 0.2) is 12.2 Å². The van der Waals surface area contributed by atoms with Crippen LogP contribution in [0.4, 0.5) is 0 Å². The van der Waals surface area contributed by atoms with Gasteiger partial charge in [-0.15, -0.1) is 11.6 Å². The van der Waals surface area contributed by atoms with Crippen molar-refractivity contribution in [1.29, 1.82) is 0 Å². The Kier molecular flexibility index (Phi) is 9.01. The SMILES string of the molecule is C=C1CC[C@@H](OC(C)=O)[C@@]2(C)[C@@H](OC(C)=O)C[C@@H](OC(=O)C(C)C)[C@]3(CO3)[C@@H]2[C@H](OC(C)=O)[C@]2(O)[C@@H](C)C(=O)O[C@H]2[C@H]1Cl. The van der Waals surface area contributed by atoms with Crippen LogP contribution in [0.2, 0.25) is 0 Å². The van der Waals surface area contributed by atoms with Gasteiger partial charge in [-0.3, -0.25) is 24.0 Å². The Morgan fingerprint density at radius 3 is 2.07 bits per heavy atom. The van der Waals surface area contributed by atoms with E-state index in [1.54, 1.807) is 20.8 Å². The van der Waals surface area contributed by atoms with E-state index in [4.69, 9.17) is 40.0 Å². The molecule has 0 aromatic heterocycles. The molecule has 0 aromatic carbocycles. The fraction of sp³-hybridized carbons (Fsp3) is 0.767. The monoisotopic (exact) mass is 628 g/mol. The topological polar surface area (TPSA) is 164 Å². The average Bonchev–Trinajstić information content (AvgIpc) is 3.65. The minimum atomic E-state index is -2.26. The van der Waals surface area contributed by atoms with E-state index >= 15 is 0 Å². The fourth-order valence-electron chi connectivity index (χ4n) is 7.25. The first-order chi connectivity index (χ1) is 19.9. The molecular formula is C30H41ClO12. The van der Waals surface area contributed by atoms with E-state index in [0.29, 0.717) is 5.57 Å². The van der Waals surface area contributed by atoms with Gasteiger partial charge in [0.25, 0.3) is 0 Å². The molecule has 12 nitrogen and oxygen atoms in total. The summed E-state index contributed by atoms with van der Waals surface area (Å²) >= 11 is 6.82. The summed E-state index contributed by atoms with van der Waals surface area (Å²) in [6, 6.07) is 0. The van der Waals surface area contributed by atoms with Gasteiger partial charge in [0.15, 0.2) is 11.7 Å². The third-order valence-corrected chi connectivity index (χ3v) is 10.1. The molecule has 2 saturated carbocycles. The van der Waals surface area contributed by atoms with E-state index in [-0.39, 0.29) is 25.9 Å². The second kappa shape index (κ2) is 11.7. The molecule has 43 heavy (non-hydrogen) atoms. The summed E-state index contributed by atoms with van der Waals surface area (Å²) in [5.74, 6) is -6.38. The number of alkyl halides is 1. The zero-order valence-electron chi connectivity index (χ0n) is 25.5.